The average Bonchev–Trinajstić information content (AvgIpc) is 3.53. The SMILES string of the molecule is Cc1nn(-c2cc(N3CCCC3)ncn2)c(C)c1CCC(=O)Nc1ccc2c(c1)OCO2. The van der Waals surface area contributed by atoms with E-state index in [0.717, 1.165) is 41.7 Å². The van der Waals surface area contributed by atoms with E-state index in [2.05, 4.69) is 20.2 Å². The summed E-state index contributed by atoms with van der Waals surface area (Å²) in [6.45, 7) is 6.25. The Kier molecular flexibility index (Phi) is 5.38. The van der Waals surface area contributed by atoms with E-state index in [0.29, 0.717) is 30.0 Å². The van der Waals surface area contributed by atoms with Crippen molar-refractivity contribution in [1.29, 1.82) is 0 Å². The first-order chi connectivity index (χ1) is 15.6. The maximum atomic E-state index is 12.5. The Balaban J connectivity index is 1.27. The molecule has 0 atom stereocenters. The molecule has 5 rings (SSSR count). The van der Waals surface area contributed by atoms with Crippen molar-refractivity contribution in [3.05, 3.63) is 47.5 Å². The van der Waals surface area contributed by atoms with Crippen LogP contribution in [0.3, 0.4) is 0 Å². The molecule has 9 heteroatoms. The monoisotopic (exact) mass is 434 g/mol. The van der Waals surface area contributed by atoms with Crippen molar-refractivity contribution in [3.8, 4) is 17.3 Å². The molecule has 4 heterocycles. The molecule has 166 valence electrons. The lowest BCUT2D eigenvalue weighted by molar-refractivity contribution is -0.116. The molecule has 2 aliphatic rings. The first-order valence-corrected chi connectivity index (χ1v) is 10.9. The number of rotatable bonds is 6. The van der Waals surface area contributed by atoms with E-state index in [1.807, 2.05) is 30.7 Å². The Bertz CT molecular complexity index is 1150. The lowest BCUT2D eigenvalue weighted by Crippen LogP contribution is -2.19. The van der Waals surface area contributed by atoms with Crippen LogP contribution in [0.1, 0.15) is 36.2 Å². The summed E-state index contributed by atoms with van der Waals surface area (Å²) in [5, 5.41) is 7.63. The van der Waals surface area contributed by atoms with Crippen LogP contribution in [0.4, 0.5) is 11.5 Å². The fraction of sp³-hybridized carbons (Fsp3) is 0.391. The number of aryl methyl sites for hydroxylation is 1. The first-order valence-electron chi connectivity index (χ1n) is 10.9. The third-order valence-electron chi connectivity index (χ3n) is 5.98. The second-order valence-electron chi connectivity index (χ2n) is 8.11. The number of anilines is 2. The quantitative estimate of drug-likeness (QED) is 0.637. The normalized spacial score (nSPS) is 14.8. The standard InChI is InChI=1S/C23H26N6O3/c1-15-18(6-8-23(30)26-17-5-7-19-20(11-17)32-14-31-19)16(2)29(27-15)22-12-21(24-13-25-22)28-9-3-4-10-28/h5,7,11-13H,3-4,6,8-10,14H2,1-2H3,(H,26,30). The molecule has 1 amide bonds. The molecular formula is C23H26N6O3. The molecule has 0 aliphatic carbocycles. The fourth-order valence-electron chi connectivity index (χ4n) is 4.27. The Morgan fingerprint density at radius 1 is 1.06 bits per heavy atom. The largest absolute Gasteiger partial charge is 0.454 e. The molecule has 32 heavy (non-hydrogen) atoms. The van der Waals surface area contributed by atoms with Gasteiger partial charge in [-0.1, -0.05) is 0 Å². The van der Waals surface area contributed by atoms with Crippen LogP contribution >= 0.6 is 0 Å². The van der Waals surface area contributed by atoms with Crippen LogP contribution in [0.2, 0.25) is 0 Å². The van der Waals surface area contributed by atoms with Gasteiger partial charge >= 0.3 is 0 Å². The van der Waals surface area contributed by atoms with Gasteiger partial charge in [-0.15, -0.1) is 0 Å². The van der Waals surface area contributed by atoms with E-state index in [1.54, 1.807) is 18.5 Å². The first kappa shape index (κ1) is 20.3. The lowest BCUT2D eigenvalue weighted by atomic mass is 10.1. The van der Waals surface area contributed by atoms with Crippen molar-refractivity contribution in [2.75, 3.05) is 30.1 Å². The molecule has 1 fully saturated rings. The van der Waals surface area contributed by atoms with Crippen LogP contribution in [0.25, 0.3) is 5.82 Å². The number of hydrogen-bond acceptors (Lipinski definition) is 7. The highest BCUT2D eigenvalue weighted by Gasteiger charge is 2.19. The second-order valence-corrected chi connectivity index (χ2v) is 8.11. The molecule has 2 aromatic heterocycles. The Labute approximate surface area is 186 Å². The van der Waals surface area contributed by atoms with E-state index in [4.69, 9.17) is 14.6 Å². The summed E-state index contributed by atoms with van der Waals surface area (Å²) in [6, 6.07) is 7.38. The third kappa shape index (κ3) is 3.98. The summed E-state index contributed by atoms with van der Waals surface area (Å²) in [4.78, 5) is 23.7. The molecule has 9 nitrogen and oxygen atoms in total. The van der Waals surface area contributed by atoms with E-state index >= 15 is 0 Å². The van der Waals surface area contributed by atoms with Gasteiger partial charge in [-0.25, -0.2) is 14.6 Å². The molecule has 0 spiro atoms. The number of nitrogens with one attached hydrogen (secondary N) is 1. The second kappa shape index (κ2) is 8.49. The minimum Gasteiger partial charge on any atom is -0.454 e. The molecule has 0 bridgehead atoms. The third-order valence-corrected chi connectivity index (χ3v) is 5.98. The predicted octanol–water partition coefficient (Wildman–Crippen LogP) is 3.18. The van der Waals surface area contributed by atoms with Gasteiger partial charge in [-0.05, 0) is 50.8 Å². The molecule has 0 radical (unpaired) electrons. The van der Waals surface area contributed by atoms with Gasteiger partial charge < -0.3 is 19.7 Å². The highest BCUT2D eigenvalue weighted by atomic mass is 16.7. The summed E-state index contributed by atoms with van der Waals surface area (Å²) >= 11 is 0. The number of nitrogens with zero attached hydrogens (tertiary/aromatic N) is 5. The van der Waals surface area contributed by atoms with Crippen LogP contribution in [0, 0.1) is 13.8 Å². The predicted molar refractivity (Wildman–Crippen MR) is 120 cm³/mol. The lowest BCUT2D eigenvalue weighted by Gasteiger charge is -2.16. The van der Waals surface area contributed by atoms with Gasteiger partial charge in [0.1, 0.15) is 12.1 Å². The van der Waals surface area contributed by atoms with E-state index in [-0.39, 0.29) is 12.7 Å². The summed E-state index contributed by atoms with van der Waals surface area (Å²) in [5.74, 6) is 2.96. The summed E-state index contributed by atoms with van der Waals surface area (Å²) in [7, 11) is 0. The number of amides is 1. The van der Waals surface area contributed by atoms with Crippen LogP contribution in [0.5, 0.6) is 11.5 Å². The number of carbonyl (C=O) groups excluding carboxylic acids is 1. The van der Waals surface area contributed by atoms with Gasteiger partial charge in [0.05, 0.1) is 5.69 Å². The fourth-order valence-corrected chi connectivity index (χ4v) is 4.27. The average molecular weight is 435 g/mol. The van der Waals surface area contributed by atoms with Crippen molar-refractivity contribution < 1.29 is 14.3 Å². The number of ether oxygens (including phenoxy) is 2. The zero-order valence-corrected chi connectivity index (χ0v) is 18.3. The maximum absolute atomic E-state index is 12.5. The topological polar surface area (TPSA) is 94.4 Å². The van der Waals surface area contributed by atoms with Crippen LogP contribution < -0.4 is 19.7 Å². The highest BCUT2D eigenvalue weighted by molar-refractivity contribution is 5.91. The molecule has 3 aromatic rings. The molecule has 0 unspecified atom stereocenters. The summed E-state index contributed by atoms with van der Waals surface area (Å²) in [6.07, 6.45) is 4.93. The molecule has 0 saturated carbocycles. The summed E-state index contributed by atoms with van der Waals surface area (Å²) < 4.78 is 12.5. The number of benzene rings is 1. The van der Waals surface area contributed by atoms with E-state index in [9.17, 15) is 4.79 Å². The van der Waals surface area contributed by atoms with Crippen molar-refractivity contribution in [2.24, 2.45) is 0 Å². The maximum Gasteiger partial charge on any atom is 0.231 e. The van der Waals surface area contributed by atoms with Gasteiger partial charge in [0.2, 0.25) is 12.7 Å². The minimum atomic E-state index is -0.0613. The number of aromatic nitrogens is 4. The number of carbonyl (C=O) groups is 1. The highest BCUT2D eigenvalue weighted by Crippen LogP contribution is 2.34. The van der Waals surface area contributed by atoms with Crippen molar-refractivity contribution in [3.63, 3.8) is 0 Å². The Morgan fingerprint density at radius 2 is 1.84 bits per heavy atom. The van der Waals surface area contributed by atoms with Crippen LogP contribution in [-0.4, -0.2) is 45.5 Å². The van der Waals surface area contributed by atoms with E-state index in [1.165, 1.54) is 12.8 Å². The number of fused-ring (bicyclic) bond motifs is 1. The van der Waals surface area contributed by atoms with Gasteiger partial charge in [-0.3, -0.25) is 4.79 Å². The van der Waals surface area contributed by atoms with Crippen LogP contribution in [0.15, 0.2) is 30.6 Å². The van der Waals surface area contributed by atoms with Gasteiger partial charge in [-0.2, -0.15) is 5.10 Å². The zero-order valence-electron chi connectivity index (χ0n) is 18.3. The molecule has 1 aromatic carbocycles. The van der Waals surface area contributed by atoms with Crippen molar-refractivity contribution in [1.82, 2.24) is 19.7 Å². The molecule has 1 saturated heterocycles. The number of hydrogen-bond donors (Lipinski definition) is 1. The Hall–Kier alpha value is -3.62. The van der Waals surface area contributed by atoms with Crippen LogP contribution in [-0.2, 0) is 11.2 Å². The van der Waals surface area contributed by atoms with Gasteiger partial charge in [0, 0.05) is 43.0 Å². The smallest absolute Gasteiger partial charge is 0.231 e. The van der Waals surface area contributed by atoms with Crippen molar-refractivity contribution in [2.45, 2.75) is 39.5 Å². The van der Waals surface area contributed by atoms with Gasteiger partial charge in [0.25, 0.3) is 0 Å². The van der Waals surface area contributed by atoms with Gasteiger partial charge in [0.15, 0.2) is 17.3 Å². The van der Waals surface area contributed by atoms with E-state index < -0.39 is 0 Å². The molecule has 2 aliphatic heterocycles. The zero-order chi connectivity index (χ0) is 22.1. The Morgan fingerprint density at radius 3 is 2.69 bits per heavy atom. The van der Waals surface area contributed by atoms with Crippen molar-refractivity contribution >= 4 is 17.4 Å². The molecule has 1 N–H and O–H groups in total. The molecular weight excluding hydrogens is 408 g/mol. The summed E-state index contributed by atoms with van der Waals surface area (Å²) in [5.41, 5.74) is 3.65. The minimum absolute atomic E-state index is 0.0613.